The highest BCUT2D eigenvalue weighted by Crippen LogP contribution is 2.14. The Balaban J connectivity index is 3.55. The largest absolute Gasteiger partial charge is 0.393 e. The maximum absolute atomic E-state index is 9.62. The van der Waals surface area contributed by atoms with E-state index in [1.165, 1.54) is 0 Å². The third kappa shape index (κ3) is 8.52. The van der Waals surface area contributed by atoms with Crippen LogP contribution in [-0.2, 0) is 0 Å². The van der Waals surface area contributed by atoms with Gasteiger partial charge in [-0.15, -0.1) is 0 Å². The zero-order valence-electron chi connectivity index (χ0n) is 10.0. The zero-order chi connectivity index (χ0) is 11.1. The van der Waals surface area contributed by atoms with E-state index in [0.29, 0.717) is 18.3 Å². The fraction of sp³-hybridized carbons (Fsp3) is 1.00. The maximum atomic E-state index is 9.62. The summed E-state index contributed by atoms with van der Waals surface area (Å²) in [5.74, 6) is 1.13. The topological polar surface area (TPSA) is 40.5 Å². The molecule has 0 fully saturated rings. The molecule has 0 radical (unpaired) electrons. The van der Waals surface area contributed by atoms with Gasteiger partial charge in [0.1, 0.15) is 0 Å². The predicted octanol–water partition coefficient (Wildman–Crippen LogP) is 2.58. The predicted molar refractivity (Wildman–Crippen MR) is 60.2 cm³/mol. The summed E-state index contributed by atoms with van der Waals surface area (Å²) in [6.45, 7) is 8.47. The fourth-order valence-electron chi connectivity index (χ4n) is 1.60. The third-order valence-corrected chi connectivity index (χ3v) is 2.36. The first kappa shape index (κ1) is 13.9. The average molecular weight is 202 g/mol. The lowest BCUT2D eigenvalue weighted by Gasteiger charge is -2.17. The molecule has 0 aliphatic heterocycles. The van der Waals surface area contributed by atoms with E-state index >= 15 is 0 Å². The minimum atomic E-state index is -0.336. The van der Waals surface area contributed by atoms with Crippen molar-refractivity contribution in [1.82, 2.24) is 0 Å². The molecule has 2 N–H and O–H groups in total. The molecule has 0 amide bonds. The number of hydrogen-bond donors (Lipinski definition) is 2. The number of aliphatic hydroxyl groups excluding tert-OH is 2. The molecule has 0 aliphatic carbocycles. The molecular weight excluding hydrogens is 176 g/mol. The van der Waals surface area contributed by atoms with Crippen LogP contribution in [0.3, 0.4) is 0 Å². The molecule has 0 saturated carbocycles. The van der Waals surface area contributed by atoms with Crippen molar-refractivity contribution in [2.45, 2.75) is 65.6 Å². The van der Waals surface area contributed by atoms with E-state index in [-0.39, 0.29) is 12.2 Å². The van der Waals surface area contributed by atoms with Gasteiger partial charge in [0.25, 0.3) is 0 Å². The Labute approximate surface area is 88.3 Å². The van der Waals surface area contributed by atoms with Crippen molar-refractivity contribution in [3.05, 3.63) is 0 Å². The molecular formula is C12H26O2. The van der Waals surface area contributed by atoms with Crippen molar-refractivity contribution in [2.24, 2.45) is 11.8 Å². The second-order valence-corrected chi connectivity index (χ2v) is 5.14. The molecule has 0 rings (SSSR count). The van der Waals surface area contributed by atoms with E-state index in [0.717, 1.165) is 19.3 Å². The van der Waals surface area contributed by atoms with E-state index in [4.69, 9.17) is 0 Å². The average Bonchev–Trinajstić information content (AvgIpc) is 1.98. The Morgan fingerprint density at radius 1 is 0.714 bits per heavy atom. The van der Waals surface area contributed by atoms with Gasteiger partial charge in [0.2, 0.25) is 0 Å². The molecule has 0 aromatic rings. The van der Waals surface area contributed by atoms with E-state index in [9.17, 15) is 10.2 Å². The van der Waals surface area contributed by atoms with Crippen molar-refractivity contribution in [2.75, 3.05) is 0 Å². The van der Waals surface area contributed by atoms with Crippen LogP contribution in [0, 0.1) is 11.8 Å². The van der Waals surface area contributed by atoms with Gasteiger partial charge >= 0.3 is 0 Å². The molecule has 2 nitrogen and oxygen atoms in total. The van der Waals surface area contributed by atoms with E-state index in [1.807, 2.05) is 0 Å². The lowest BCUT2D eigenvalue weighted by Crippen LogP contribution is -2.19. The minimum absolute atomic E-state index is 0.328. The number of rotatable bonds is 7. The van der Waals surface area contributed by atoms with Crippen LogP contribution in [0.25, 0.3) is 0 Å². The van der Waals surface area contributed by atoms with Crippen LogP contribution < -0.4 is 0 Å². The second-order valence-electron chi connectivity index (χ2n) is 5.14. The van der Waals surface area contributed by atoms with Gasteiger partial charge < -0.3 is 10.2 Å². The van der Waals surface area contributed by atoms with Gasteiger partial charge in [-0.2, -0.15) is 0 Å². The summed E-state index contributed by atoms with van der Waals surface area (Å²) in [6, 6.07) is 0. The molecule has 86 valence electrons. The lowest BCUT2D eigenvalue weighted by atomic mass is 9.97. The molecule has 0 saturated heterocycles. The van der Waals surface area contributed by atoms with Crippen molar-refractivity contribution < 1.29 is 10.2 Å². The smallest absolute Gasteiger partial charge is 0.0567 e. The quantitative estimate of drug-likeness (QED) is 0.666. The SMILES string of the molecule is CC(C)CC[C@@H](O)C[C@@H](O)CC(C)C. The van der Waals surface area contributed by atoms with Gasteiger partial charge in [0.15, 0.2) is 0 Å². The maximum Gasteiger partial charge on any atom is 0.0567 e. The summed E-state index contributed by atoms with van der Waals surface area (Å²) in [5, 5.41) is 19.2. The highest BCUT2D eigenvalue weighted by Gasteiger charge is 2.13. The van der Waals surface area contributed by atoms with Gasteiger partial charge in [-0.25, -0.2) is 0 Å². The Morgan fingerprint density at radius 2 is 1.29 bits per heavy atom. The van der Waals surface area contributed by atoms with Crippen LogP contribution in [-0.4, -0.2) is 22.4 Å². The van der Waals surface area contributed by atoms with E-state index in [2.05, 4.69) is 27.7 Å². The molecule has 0 unspecified atom stereocenters. The first-order valence-corrected chi connectivity index (χ1v) is 5.78. The first-order valence-electron chi connectivity index (χ1n) is 5.78. The molecule has 0 aliphatic rings. The lowest BCUT2D eigenvalue weighted by molar-refractivity contribution is 0.0614. The molecule has 2 atom stereocenters. The van der Waals surface area contributed by atoms with Crippen LogP contribution in [0.1, 0.15) is 53.4 Å². The van der Waals surface area contributed by atoms with Gasteiger partial charge in [-0.1, -0.05) is 27.7 Å². The molecule has 2 heteroatoms. The molecule has 0 spiro atoms. The van der Waals surface area contributed by atoms with Gasteiger partial charge in [0, 0.05) is 0 Å². The van der Waals surface area contributed by atoms with Crippen LogP contribution in [0.2, 0.25) is 0 Å². The molecule has 0 aromatic heterocycles. The summed E-state index contributed by atoms with van der Waals surface area (Å²) in [6.07, 6.45) is 2.51. The summed E-state index contributed by atoms with van der Waals surface area (Å²) < 4.78 is 0. The van der Waals surface area contributed by atoms with E-state index in [1.54, 1.807) is 0 Å². The standard InChI is InChI=1S/C12H26O2/c1-9(2)5-6-11(13)8-12(14)7-10(3)4/h9-14H,5-8H2,1-4H3/t11-,12+/m1/s1. The summed E-state index contributed by atoms with van der Waals surface area (Å²) >= 11 is 0. The minimum Gasteiger partial charge on any atom is -0.393 e. The highest BCUT2D eigenvalue weighted by molar-refractivity contribution is 4.65. The van der Waals surface area contributed by atoms with Gasteiger partial charge in [-0.05, 0) is 37.5 Å². The van der Waals surface area contributed by atoms with Crippen LogP contribution in [0.5, 0.6) is 0 Å². The summed E-state index contributed by atoms with van der Waals surface area (Å²) in [4.78, 5) is 0. The molecule has 0 heterocycles. The Hall–Kier alpha value is -0.0800. The van der Waals surface area contributed by atoms with Crippen molar-refractivity contribution in [3.8, 4) is 0 Å². The zero-order valence-corrected chi connectivity index (χ0v) is 10.0. The van der Waals surface area contributed by atoms with Crippen molar-refractivity contribution in [1.29, 1.82) is 0 Å². The second kappa shape index (κ2) is 7.24. The summed E-state index contributed by atoms with van der Waals surface area (Å²) in [7, 11) is 0. The van der Waals surface area contributed by atoms with Crippen molar-refractivity contribution in [3.63, 3.8) is 0 Å². The van der Waals surface area contributed by atoms with Crippen LogP contribution >= 0.6 is 0 Å². The summed E-state index contributed by atoms with van der Waals surface area (Å²) in [5.41, 5.74) is 0. The van der Waals surface area contributed by atoms with Crippen LogP contribution in [0.15, 0.2) is 0 Å². The normalized spacial score (nSPS) is 16.3. The monoisotopic (exact) mass is 202 g/mol. The Morgan fingerprint density at radius 3 is 1.71 bits per heavy atom. The van der Waals surface area contributed by atoms with Crippen LogP contribution in [0.4, 0.5) is 0 Å². The molecule has 0 aromatic carbocycles. The van der Waals surface area contributed by atoms with Gasteiger partial charge in [-0.3, -0.25) is 0 Å². The number of hydrogen-bond acceptors (Lipinski definition) is 2. The highest BCUT2D eigenvalue weighted by atomic mass is 16.3. The Kier molecular flexibility index (Phi) is 7.20. The van der Waals surface area contributed by atoms with Gasteiger partial charge in [0.05, 0.1) is 12.2 Å². The first-order chi connectivity index (χ1) is 6.41. The molecule has 0 bridgehead atoms. The van der Waals surface area contributed by atoms with E-state index < -0.39 is 0 Å². The third-order valence-electron chi connectivity index (χ3n) is 2.36. The number of aliphatic hydroxyl groups is 2. The fourth-order valence-corrected chi connectivity index (χ4v) is 1.60. The van der Waals surface area contributed by atoms with Crippen molar-refractivity contribution >= 4 is 0 Å². The molecule has 14 heavy (non-hydrogen) atoms. The Bertz CT molecular complexity index is 132.